The third-order valence-electron chi connectivity index (χ3n) is 2.10. The van der Waals surface area contributed by atoms with Gasteiger partial charge in [0.15, 0.2) is 0 Å². The molecule has 1 aromatic rings. The minimum Gasteiger partial charge on any atom is -0.451 e. The van der Waals surface area contributed by atoms with E-state index in [-0.39, 0.29) is 0 Å². The Hall–Kier alpha value is -2.09. The lowest BCUT2D eigenvalue weighted by Crippen LogP contribution is -2.13. The zero-order chi connectivity index (χ0) is 12.7. The van der Waals surface area contributed by atoms with E-state index in [0.717, 1.165) is 5.56 Å². The van der Waals surface area contributed by atoms with Gasteiger partial charge in [0.2, 0.25) is 0 Å². The molecule has 0 saturated heterocycles. The van der Waals surface area contributed by atoms with E-state index in [1.165, 1.54) is 0 Å². The molecule has 1 aromatic carbocycles. The Balaban J connectivity index is 2.64. The minimum atomic E-state index is -0.431. The van der Waals surface area contributed by atoms with Crippen molar-refractivity contribution in [2.75, 3.05) is 0 Å². The molecule has 0 aromatic heterocycles. The van der Waals surface area contributed by atoms with Crippen molar-refractivity contribution in [3.63, 3.8) is 0 Å². The zero-order valence-electron chi connectivity index (χ0n) is 9.93. The van der Waals surface area contributed by atoms with Gasteiger partial charge < -0.3 is 4.74 Å². The molecular formula is C15H16O2. The van der Waals surface area contributed by atoms with Crippen LogP contribution in [0.2, 0.25) is 0 Å². The van der Waals surface area contributed by atoms with Gasteiger partial charge in [0.05, 0.1) is 0 Å². The Morgan fingerprint density at radius 3 is 2.53 bits per heavy atom. The summed E-state index contributed by atoms with van der Waals surface area (Å²) in [6.07, 6.45) is 4.81. The molecular weight excluding hydrogens is 212 g/mol. The van der Waals surface area contributed by atoms with Crippen LogP contribution in [0.15, 0.2) is 61.2 Å². The number of rotatable bonds is 5. The fraction of sp³-hybridized carbons (Fsp3) is 0.133. The van der Waals surface area contributed by atoms with Crippen molar-refractivity contribution in [2.45, 2.75) is 13.0 Å². The maximum Gasteiger partial charge on any atom is 0.334 e. The molecule has 1 atom stereocenters. The molecule has 17 heavy (non-hydrogen) atoms. The van der Waals surface area contributed by atoms with Crippen LogP contribution in [-0.4, -0.2) is 12.1 Å². The first-order chi connectivity index (χ1) is 8.13. The van der Waals surface area contributed by atoms with E-state index in [1.807, 2.05) is 36.4 Å². The van der Waals surface area contributed by atoms with Gasteiger partial charge in [0, 0.05) is 5.57 Å². The molecule has 0 amide bonds. The lowest BCUT2D eigenvalue weighted by molar-refractivity contribution is -0.140. The van der Waals surface area contributed by atoms with Gasteiger partial charge >= 0.3 is 5.97 Å². The van der Waals surface area contributed by atoms with Gasteiger partial charge in [-0.2, -0.15) is 0 Å². The van der Waals surface area contributed by atoms with E-state index in [9.17, 15) is 4.79 Å². The van der Waals surface area contributed by atoms with E-state index in [1.54, 1.807) is 19.1 Å². The highest BCUT2D eigenvalue weighted by atomic mass is 16.5. The summed E-state index contributed by atoms with van der Waals surface area (Å²) in [7, 11) is 0. The predicted octanol–water partition coefficient (Wildman–Crippen LogP) is 3.37. The number of carbonyl (C=O) groups excluding carboxylic acids is 1. The maximum absolute atomic E-state index is 11.3. The molecule has 1 unspecified atom stereocenters. The largest absolute Gasteiger partial charge is 0.451 e. The summed E-state index contributed by atoms with van der Waals surface area (Å²) >= 11 is 0. The molecule has 0 spiro atoms. The molecule has 0 radical (unpaired) electrons. The molecule has 0 aliphatic rings. The maximum atomic E-state index is 11.3. The van der Waals surface area contributed by atoms with Crippen molar-refractivity contribution in [1.82, 2.24) is 0 Å². The standard InChI is InChI=1S/C15H16O2/c1-4-14(17-15(16)12(2)3)11-10-13-8-6-5-7-9-13/h4-11,14H,1-2H2,3H3. The summed E-state index contributed by atoms with van der Waals surface area (Å²) in [5.74, 6) is -0.410. The van der Waals surface area contributed by atoms with Crippen LogP contribution >= 0.6 is 0 Å². The fourth-order valence-electron chi connectivity index (χ4n) is 1.16. The third kappa shape index (κ3) is 4.51. The number of esters is 1. The number of hydrogen-bond acceptors (Lipinski definition) is 2. The lowest BCUT2D eigenvalue weighted by Gasteiger charge is -2.09. The van der Waals surface area contributed by atoms with Crippen molar-refractivity contribution >= 4 is 12.0 Å². The SMILES string of the molecule is C=CC(C=Cc1ccccc1)OC(=O)C(=C)C. The van der Waals surface area contributed by atoms with Gasteiger partial charge in [-0.25, -0.2) is 4.79 Å². The zero-order valence-corrected chi connectivity index (χ0v) is 9.93. The van der Waals surface area contributed by atoms with Crippen LogP contribution in [0.5, 0.6) is 0 Å². The van der Waals surface area contributed by atoms with Crippen molar-refractivity contribution in [1.29, 1.82) is 0 Å². The second-order valence-electron chi connectivity index (χ2n) is 3.66. The lowest BCUT2D eigenvalue weighted by atomic mass is 10.2. The average molecular weight is 228 g/mol. The van der Waals surface area contributed by atoms with E-state index in [2.05, 4.69) is 13.2 Å². The molecule has 0 aliphatic carbocycles. The quantitative estimate of drug-likeness (QED) is 0.439. The summed E-state index contributed by atoms with van der Waals surface area (Å²) in [6, 6.07) is 9.78. The van der Waals surface area contributed by atoms with Gasteiger partial charge in [-0.3, -0.25) is 0 Å². The molecule has 0 N–H and O–H groups in total. The molecule has 88 valence electrons. The summed E-state index contributed by atoms with van der Waals surface area (Å²) in [5, 5.41) is 0. The molecule has 0 saturated carbocycles. The Kier molecular flexibility index (Phi) is 4.95. The first kappa shape index (κ1) is 13.0. The van der Waals surface area contributed by atoms with Crippen LogP contribution in [0.1, 0.15) is 12.5 Å². The van der Waals surface area contributed by atoms with Gasteiger partial charge in [-0.15, -0.1) is 0 Å². The van der Waals surface area contributed by atoms with E-state index in [0.29, 0.717) is 5.57 Å². The van der Waals surface area contributed by atoms with Crippen molar-refractivity contribution in [3.8, 4) is 0 Å². The van der Waals surface area contributed by atoms with Crippen LogP contribution in [-0.2, 0) is 9.53 Å². The monoisotopic (exact) mass is 228 g/mol. The fourth-order valence-corrected chi connectivity index (χ4v) is 1.16. The number of ether oxygens (including phenoxy) is 1. The molecule has 2 heteroatoms. The smallest absolute Gasteiger partial charge is 0.334 e. The van der Waals surface area contributed by atoms with Crippen molar-refractivity contribution in [2.24, 2.45) is 0 Å². The second-order valence-corrected chi connectivity index (χ2v) is 3.66. The van der Waals surface area contributed by atoms with Crippen molar-refractivity contribution < 1.29 is 9.53 Å². The van der Waals surface area contributed by atoms with Crippen molar-refractivity contribution in [3.05, 3.63) is 66.8 Å². The number of benzene rings is 1. The summed E-state index contributed by atoms with van der Waals surface area (Å²) < 4.78 is 5.14. The van der Waals surface area contributed by atoms with Gasteiger partial charge in [0.1, 0.15) is 6.10 Å². The third-order valence-corrected chi connectivity index (χ3v) is 2.10. The molecule has 0 fully saturated rings. The Morgan fingerprint density at radius 1 is 1.35 bits per heavy atom. The Morgan fingerprint density at radius 2 is 2.00 bits per heavy atom. The highest BCUT2D eigenvalue weighted by Gasteiger charge is 2.07. The van der Waals surface area contributed by atoms with Crippen LogP contribution in [0.4, 0.5) is 0 Å². The Labute approximate surface area is 102 Å². The molecule has 0 bridgehead atoms. The van der Waals surface area contributed by atoms with Crippen LogP contribution < -0.4 is 0 Å². The predicted molar refractivity (Wildman–Crippen MR) is 70.4 cm³/mol. The van der Waals surface area contributed by atoms with Gasteiger partial charge in [-0.1, -0.05) is 49.6 Å². The first-order valence-electron chi connectivity index (χ1n) is 5.36. The summed E-state index contributed by atoms with van der Waals surface area (Å²) in [6.45, 7) is 8.77. The van der Waals surface area contributed by atoms with Crippen LogP contribution in [0.25, 0.3) is 6.08 Å². The van der Waals surface area contributed by atoms with Gasteiger partial charge in [-0.05, 0) is 24.6 Å². The molecule has 2 nitrogen and oxygen atoms in total. The van der Waals surface area contributed by atoms with E-state index >= 15 is 0 Å². The summed E-state index contributed by atoms with van der Waals surface area (Å²) in [5.41, 5.74) is 1.43. The number of hydrogen-bond donors (Lipinski definition) is 0. The molecule has 1 rings (SSSR count). The minimum absolute atomic E-state index is 0.380. The van der Waals surface area contributed by atoms with Crippen LogP contribution in [0, 0.1) is 0 Å². The number of carbonyl (C=O) groups is 1. The Bertz CT molecular complexity index is 429. The second kappa shape index (κ2) is 6.48. The van der Waals surface area contributed by atoms with E-state index in [4.69, 9.17) is 4.74 Å². The summed E-state index contributed by atoms with van der Waals surface area (Å²) in [4.78, 5) is 11.3. The molecule has 0 aliphatic heterocycles. The first-order valence-corrected chi connectivity index (χ1v) is 5.36. The highest BCUT2D eigenvalue weighted by molar-refractivity contribution is 5.87. The van der Waals surface area contributed by atoms with Gasteiger partial charge in [0.25, 0.3) is 0 Å². The average Bonchev–Trinajstić information content (AvgIpc) is 2.35. The topological polar surface area (TPSA) is 26.3 Å². The highest BCUT2D eigenvalue weighted by Crippen LogP contribution is 2.06. The normalized spacial score (nSPS) is 12.1. The van der Waals surface area contributed by atoms with E-state index < -0.39 is 12.1 Å². The molecule has 0 heterocycles. The van der Waals surface area contributed by atoms with Crippen LogP contribution in [0.3, 0.4) is 0 Å².